The summed E-state index contributed by atoms with van der Waals surface area (Å²) >= 11 is 0. The zero-order valence-electron chi connectivity index (χ0n) is 6.67. The van der Waals surface area contributed by atoms with Gasteiger partial charge in [-0.05, 0) is 18.1 Å². The van der Waals surface area contributed by atoms with E-state index in [0.29, 0.717) is 5.70 Å². The number of rotatable bonds is 2. The summed E-state index contributed by atoms with van der Waals surface area (Å²) in [4.78, 5) is 4.12. The van der Waals surface area contributed by atoms with Crippen molar-refractivity contribution in [1.29, 1.82) is 0 Å². The van der Waals surface area contributed by atoms with Crippen LogP contribution in [0, 0.1) is 0 Å². The lowest BCUT2D eigenvalue weighted by molar-refractivity contribution is 1.09. The van der Waals surface area contributed by atoms with Gasteiger partial charge in [-0.2, -0.15) is 0 Å². The summed E-state index contributed by atoms with van der Waals surface area (Å²) < 4.78 is 0. The molecule has 1 heterocycles. The van der Waals surface area contributed by atoms with Crippen molar-refractivity contribution in [1.82, 2.24) is 4.98 Å². The molecule has 0 aliphatic rings. The molecule has 1 aromatic heterocycles. The van der Waals surface area contributed by atoms with Crippen molar-refractivity contribution in [3.8, 4) is 0 Å². The molecule has 0 aliphatic heterocycles. The molecule has 0 bridgehead atoms. The van der Waals surface area contributed by atoms with E-state index in [1.807, 2.05) is 18.3 Å². The van der Waals surface area contributed by atoms with E-state index in [4.69, 9.17) is 5.73 Å². The topological polar surface area (TPSA) is 38.9 Å². The van der Waals surface area contributed by atoms with Crippen LogP contribution in [0.3, 0.4) is 0 Å². The van der Waals surface area contributed by atoms with Crippen LogP contribution in [0.25, 0.3) is 5.70 Å². The number of aromatic nitrogens is 1. The van der Waals surface area contributed by atoms with Crippen LogP contribution in [-0.4, -0.2) is 4.98 Å². The van der Waals surface area contributed by atoms with Crippen LogP contribution in [0.15, 0.2) is 24.9 Å². The second kappa shape index (κ2) is 3.19. The minimum atomic E-state index is 0.521. The van der Waals surface area contributed by atoms with Crippen molar-refractivity contribution in [3.05, 3.63) is 36.2 Å². The molecular formula is C9H12N2. The molecule has 0 saturated carbocycles. The first-order valence-electron chi connectivity index (χ1n) is 3.63. The third-order valence-corrected chi connectivity index (χ3v) is 1.56. The van der Waals surface area contributed by atoms with E-state index < -0.39 is 0 Å². The molecule has 11 heavy (non-hydrogen) atoms. The second-order valence-corrected chi connectivity index (χ2v) is 2.43. The zero-order chi connectivity index (χ0) is 8.27. The van der Waals surface area contributed by atoms with Gasteiger partial charge in [0.15, 0.2) is 0 Å². The maximum Gasteiger partial charge on any atom is 0.0852 e. The summed E-state index contributed by atoms with van der Waals surface area (Å²) in [5.41, 5.74) is 7.95. The van der Waals surface area contributed by atoms with Crippen LogP contribution in [0.5, 0.6) is 0 Å². The van der Waals surface area contributed by atoms with Crippen molar-refractivity contribution in [2.45, 2.75) is 13.3 Å². The first-order chi connectivity index (χ1) is 5.24. The first kappa shape index (κ1) is 7.79. The third-order valence-electron chi connectivity index (χ3n) is 1.56. The SMILES string of the molecule is C=C(N)c1ccc(CC)cn1. The van der Waals surface area contributed by atoms with Crippen molar-refractivity contribution in [3.63, 3.8) is 0 Å². The second-order valence-electron chi connectivity index (χ2n) is 2.43. The monoisotopic (exact) mass is 148 g/mol. The molecule has 0 aromatic carbocycles. The van der Waals surface area contributed by atoms with Crippen LogP contribution in [0.2, 0.25) is 0 Å². The third kappa shape index (κ3) is 1.80. The summed E-state index contributed by atoms with van der Waals surface area (Å²) in [6.07, 6.45) is 2.83. The summed E-state index contributed by atoms with van der Waals surface area (Å²) in [5.74, 6) is 0. The molecule has 0 spiro atoms. The molecule has 58 valence electrons. The molecule has 0 unspecified atom stereocenters. The summed E-state index contributed by atoms with van der Waals surface area (Å²) in [5, 5.41) is 0. The van der Waals surface area contributed by atoms with E-state index >= 15 is 0 Å². The lowest BCUT2D eigenvalue weighted by Gasteiger charge is -1.99. The van der Waals surface area contributed by atoms with Crippen LogP contribution in [0.4, 0.5) is 0 Å². The fourth-order valence-electron chi connectivity index (χ4n) is 0.824. The zero-order valence-corrected chi connectivity index (χ0v) is 6.67. The Morgan fingerprint density at radius 1 is 1.64 bits per heavy atom. The lowest BCUT2D eigenvalue weighted by atomic mass is 10.2. The Hall–Kier alpha value is -1.31. The number of hydrogen-bond acceptors (Lipinski definition) is 2. The van der Waals surface area contributed by atoms with Crippen molar-refractivity contribution >= 4 is 5.70 Å². The molecule has 0 amide bonds. The van der Waals surface area contributed by atoms with E-state index in [-0.39, 0.29) is 0 Å². The molecular weight excluding hydrogens is 136 g/mol. The quantitative estimate of drug-likeness (QED) is 0.691. The number of hydrogen-bond donors (Lipinski definition) is 1. The molecule has 1 rings (SSSR count). The predicted molar refractivity (Wildman–Crippen MR) is 46.8 cm³/mol. The fourth-order valence-corrected chi connectivity index (χ4v) is 0.824. The van der Waals surface area contributed by atoms with Gasteiger partial charge >= 0.3 is 0 Å². The Bertz CT molecular complexity index is 249. The van der Waals surface area contributed by atoms with Crippen LogP contribution < -0.4 is 5.73 Å². The largest absolute Gasteiger partial charge is 0.397 e. The molecule has 0 atom stereocenters. The number of nitrogens with zero attached hydrogens (tertiary/aromatic N) is 1. The average molecular weight is 148 g/mol. The Labute approximate surface area is 66.8 Å². The summed E-state index contributed by atoms with van der Waals surface area (Å²) in [7, 11) is 0. The Morgan fingerprint density at radius 3 is 2.73 bits per heavy atom. The number of nitrogens with two attached hydrogens (primary N) is 1. The smallest absolute Gasteiger partial charge is 0.0852 e. The maximum absolute atomic E-state index is 5.45. The van der Waals surface area contributed by atoms with Gasteiger partial charge in [0.05, 0.1) is 11.4 Å². The molecule has 0 saturated heterocycles. The summed E-state index contributed by atoms with van der Waals surface area (Å²) in [6.45, 7) is 5.69. The molecule has 0 aliphatic carbocycles. The average Bonchev–Trinajstić information content (AvgIpc) is 2.05. The van der Waals surface area contributed by atoms with Gasteiger partial charge in [0.1, 0.15) is 0 Å². The first-order valence-corrected chi connectivity index (χ1v) is 3.63. The van der Waals surface area contributed by atoms with Crippen molar-refractivity contribution in [2.24, 2.45) is 5.73 Å². The van der Waals surface area contributed by atoms with Crippen LogP contribution in [-0.2, 0) is 6.42 Å². The van der Waals surface area contributed by atoms with Gasteiger partial charge in [0, 0.05) is 6.20 Å². The molecule has 0 fully saturated rings. The van der Waals surface area contributed by atoms with Gasteiger partial charge in [-0.15, -0.1) is 0 Å². The molecule has 0 radical (unpaired) electrons. The van der Waals surface area contributed by atoms with E-state index in [9.17, 15) is 0 Å². The van der Waals surface area contributed by atoms with E-state index in [0.717, 1.165) is 12.1 Å². The highest BCUT2D eigenvalue weighted by Gasteiger charge is 1.94. The molecule has 2 heteroatoms. The van der Waals surface area contributed by atoms with Gasteiger partial charge in [0.25, 0.3) is 0 Å². The number of pyridine rings is 1. The van der Waals surface area contributed by atoms with E-state index in [2.05, 4.69) is 18.5 Å². The fraction of sp³-hybridized carbons (Fsp3) is 0.222. The van der Waals surface area contributed by atoms with E-state index in [1.54, 1.807) is 0 Å². The lowest BCUT2D eigenvalue weighted by Crippen LogP contribution is -1.97. The Balaban J connectivity index is 2.91. The van der Waals surface area contributed by atoms with E-state index in [1.165, 1.54) is 5.56 Å². The highest BCUT2D eigenvalue weighted by molar-refractivity contribution is 5.56. The highest BCUT2D eigenvalue weighted by atomic mass is 14.7. The minimum Gasteiger partial charge on any atom is -0.397 e. The molecule has 1 aromatic rings. The van der Waals surface area contributed by atoms with Gasteiger partial charge in [0.2, 0.25) is 0 Å². The maximum atomic E-state index is 5.45. The van der Waals surface area contributed by atoms with Crippen molar-refractivity contribution in [2.75, 3.05) is 0 Å². The highest BCUT2D eigenvalue weighted by Crippen LogP contribution is 2.04. The van der Waals surface area contributed by atoms with Crippen LogP contribution >= 0.6 is 0 Å². The predicted octanol–water partition coefficient (Wildman–Crippen LogP) is 1.57. The number of aryl methyl sites for hydroxylation is 1. The van der Waals surface area contributed by atoms with Crippen LogP contribution in [0.1, 0.15) is 18.2 Å². The van der Waals surface area contributed by atoms with Gasteiger partial charge < -0.3 is 5.73 Å². The van der Waals surface area contributed by atoms with Gasteiger partial charge in [-0.1, -0.05) is 19.6 Å². The minimum absolute atomic E-state index is 0.521. The summed E-state index contributed by atoms with van der Waals surface area (Å²) in [6, 6.07) is 3.90. The van der Waals surface area contributed by atoms with Gasteiger partial charge in [-0.25, -0.2) is 0 Å². The van der Waals surface area contributed by atoms with Crippen molar-refractivity contribution < 1.29 is 0 Å². The standard InChI is InChI=1S/C9H12N2/c1-3-8-4-5-9(7(2)10)11-6-8/h4-6H,2-3,10H2,1H3. The van der Waals surface area contributed by atoms with Gasteiger partial charge in [-0.3, -0.25) is 4.98 Å². The molecule has 2 N–H and O–H groups in total. The Kier molecular flexibility index (Phi) is 2.26. The Morgan fingerprint density at radius 2 is 2.36 bits per heavy atom. The molecule has 2 nitrogen and oxygen atoms in total. The normalized spacial score (nSPS) is 9.55.